The Bertz CT molecular complexity index is 1150. The molecule has 0 radical (unpaired) electrons. The van der Waals surface area contributed by atoms with Crippen LogP contribution in [0.15, 0.2) is 12.3 Å². The van der Waals surface area contributed by atoms with Crippen LogP contribution in [0.25, 0.3) is 11.3 Å². The van der Waals surface area contributed by atoms with Crippen LogP contribution in [0.2, 0.25) is 5.02 Å². The van der Waals surface area contributed by atoms with Crippen LogP contribution in [0.1, 0.15) is 69.3 Å². The summed E-state index contributed by atoms with van der Waals surface area (Å²) in [7, 11) is 1.49. The van der Waals surface area contributed by atoms with Crippen molar-refractivity contribution in [3.63, 3.8) is 0 Å². The fourth-order valence-corrected chi connectivity index (χ4v) is 5.39. The molecular weight excluding hydrogens is 540 g/mol. The average molecular weight is 574 g/mol. The Kier molecular flexibility index (Phi) is 10.6. The van der Waals surface area contributed by atoms with Crippen molar-refractivity contribution in [1.82, 2.24) is 20.1 Å². The van der Waals surface area contributed by atoms with Gasteiger partial charge in [-0.15, -0.1) is 0 Å². The van der Waals surface area contributed by atoms with Crippen LogP contribution < -0.4 is 15.4 Å². The minimum absolute atomic E-state index is 0.129. The number of rotatable bonds is 8. The third-order valence-electron chi connectivity index (χ3n) is 7.27. The second-order valence-electron chi connectivity index (χ2n) is 9.85. The number of carbonyl (C=O) groups is 1. The van der Waals surface area contributed by atoms with Crippen molar-refractivity contribution in [3.8, 4) is 17.0 Å². The topological polar surface area (TPSA) is 115 Å². The molecule has 0 saturated heterocycles. The fourth-order valence-electron chi connectivity index (χ4n) is 5.07. The summed E-state index contributed by atoms with van der Waals surface area (Å²) in [5, 5.41) is 10.5. The number of pyridine rings is 1. The van der Waals surface area contributed by atoms with Gasteiger partial charge < -0.3 is 15.4 Å². The van der Waals surface area contributed by atoms with Gasteiger partial charge in [-0.3, -0.25) is 9.48 Å². The Balaban J connectivity index is 0.00000127. The zero-order chi connectivity index (χ0) is 27.9. The number of alkyl halides is 2. The Morgan fingerprint density at radius 3 is 2.53 bits per heavy atom. The average Bonchev–Trinajstić information content (AvgIpc) is 3.41. The molecule has 2 fully saturated rings. The van der Waals surface area contributed by atoms with Gasteiger partial charge in [0.1, 0.15) is 11.6 Å². The highest BCUT2D eigenvalue weighted by Gasteiger charge is 2.44. The molecule has 13 heteroatoms. The zero-order valence-electron chi connectivity index (χ0n) is 21.8. The Hall–Kier alpha value is -2.60. The number of anilines is 1. The molecule has 2 aromatic heterocycles. The number of nitrogens with zero attached hydrogens (tertiary/aromatic N) is 3. The van der Waals surface area contributed by atoms with Gasteiger partial charge in [-0.25, -0.2) is 13.8 Å². The standard InChI is InChI=1S/C25H34ClF2N5O2.O2S/c1-4-33-23(21(26)22(32-33)24(34)30-13-16-9-7-15(2)8-10-16)17-14-29-20(12-18(17)35-3)31-19-6-5-11-25(19,27)28;1-3-2/h12,14-16,19H,4-11,13H2,1-3H3,(H,29,31)(H,30,34);/t15?,16?,19-;/m1./s1. The van der Waals surface area contributed by atoms with Crippen molar-refractivity contribution < 1.29 is 26.7 Å². The van der Waals surface area contributed by atoms with E-state index in [1.54, 1.807) is 10.7 Å². The summed E-state index contributed by atoms with van der Waals surface area (Å²) in [5.41, 5.74) is 1.20. The number of amides is 1. The third-order valence-corrected chi connectivity index (χ3v) is 7.63. The van der Waals surface area contributed by atoms with Crippen LogP contribution in [0.5, 0.6) is 5.75 Å². The monoisotopic (exact) mass is 573 g/mol. The number of aromatic nitrogens is 3. The maximum Gasteiger partial charge on any atom is 0.335 e. The number of carbonyl (C=O) groups excluding carboxylic acids is 1. The first-order valence-electron chi connectivity index (χ1n) is 12.8. The smallest absolute Gasteiger partial charge is 0.335 e. The van der Waals surface area contributed by atoms with E-state index in [9.17, 15) is 13.6 Å². The maximum absolute atomic E-state index is 14.1. The van der Waals surface area contributed by atoms with E-state index < -0.39 is 23.5 Å². The van der Waals surface area contributed by atoms with Crippen LogP contribution in [0.4, 0.5) is 14.6 Å². The van der Waals surface area contributed by atoms with Crippen molar-refractivity contribution in [2.75, 3.05) is 19.0 Å². The van der Waals surface area contributed by atoms with E-state index >= 15 is 0 Å². The van der Waals surface area contributed by atoms with Gasteiger partial charge in [0.15, 0.2) is 5.69 Å². The number of halogens is 3. The molecule has 0 aromatic carbocycles. The molecule has 0 aliphatic heterocycles. The summed E-state index contributed by atoms with van der Waals surface area (Å²) in [6.07, 6.45) is 6.84. The molecular formula is C25H34ClF2N5O4S. The SMILES string of the molecule is CCn1nc(C(=O)NCC2CCC(C)CC2)c(Cl)c1-c1cnc(N[C@@H]2CCCC2(F)F)cc1OC.O=S=O. The predicted molar refractivity (Wildman–Crippen MR) is 141 cm³/mol. The second-order valence-corrected chi connectivity index (χ2v) is 10.4. The van der Waals surface area contributed by atoms with E-state index in [4.69, 9.17) is 24.8 Å². The third kappa shape index (κ3) is 7.07. The van der Waals surface area contributed by atoms with Gasteiger partial charge in [0.25, 0.3) is 11.8 Å². The molecule has 2 aliphatic carbocycles. The summed E-state index contributed by atoms with van der Waals surface area (Å²) in [5.74, 6) is -1.15. The van der Waals surface area contributed by atoms with Crippen molar-refractivity contribution >= 4 is 34.9 Å². The lowest BCUT2D eigenvalue weighted by Crippen LogP contribution is -2.34. The van der Waals surface area contributed by atoms with Gasteiger partial charge in [-0.2, -0.15) is 13.5 Å². The molecule has 210 valence electrons. The van der Waals surface area contributed by atoms with Gasteiger partial charge in [0.2, 0.25) is 0 Å². The quantitative estimate of drug-likeness (QED) is 0.451. The van der Waals surface area contributed by atoms with E-state index in [0.29, 0.717) is 54.7 Å². The van der Waals surface area contributed by atoms with Gasteiger partial charge in [-0.05, 0) is 44.4 Å². The minimum Gasteiger partial charge on any atom is -0.496 e. The predicted octanol–water partition coefficient (Wildman–Crippen LogP) is 5.11. The maximum atomic E-state index is 14.1. The molecule has 1 amide bonds. The molecule has 2 N–H and O–H groups in total. The van der Waals surface area contributed by atoms with E-state index in [2.05, 4.69) is 27.6 Å². The molecule has 0 bridgehead atoms. The van der Waals surface area contributed by atoms with E-state index in [1.807, 2.05) is 6.92 Å². The number of methoxy groups -OCH3 is 1. The largest absolute Gasteiger partial charge is 0.496 e. The number of ether oxygens (including phenoxy) is 1. The molecule has 1 atom stereocenters. The van der Waals surface area contributed by atoms with Crippen LogP contribution in [0, 0.1) is 11.8 Å². The molecule has 0 spiro atoms. The number of aryl methyl sites for hydroxylation is 1. The van der Waals surface area contributed by atoms with Crippen LogP contribution in [-0.2, 0) is 18.1 Å². The molecule has 9 nitrogen and oxygen atoms in total. The molecule has 4 rings (SSSR count). The van der Waals surface area contributed by atoms with Gasteiger partial charge >= 0.3 is 11.6 Å². The molecule has 38 heavy (non-hydrogen) atoms. The highest BCUT2D eigenvalue weighted by atomic mass is 35.5. The lowest BCUT2D eigenvalue weighted by molar-refractivity contribution is -0.000700. The van der Waals surface area contributed by atoms with E-state index in [-0.39, 0.29) is 23.0 Å². The zero-order valence-corrected chi connectivity index (χ0v) is 23.3. The molecule has 2 aliphatic rings. The molecule has 2 saturated carbocycles. The fraction of sp³-hybridized carbons (Fsp3) is 0.640. The van der Waals surface area contributed by atoms with Gasteiger partial charge in [0.05, 0.1) is 29.4 Å². The van der Waals surface area contributed by atoms with Gasteiger partial charge in [-0.1, -0.05) is 31.4 Å². The molecule has 0 unspecified atom stereocenters. The first-order chi connectivity index (χ1) is 18.1. The Labute approximate surface area is 229 Å². The van der Waals surface area contributed by atoms with Crippen molar-refractivity contribution in [2.24, 2.45) is 11.8 Å². The van der Waals surface area contributed by atoms with Crippen molar-refractivity contribution in [3.05, 3.63) is 23.0 Å². The highest BCUT2D eigenvalue weighted by Crippen LogP contribution is 2.40. The second kappa shape index (κ2) is 13.5. The van der Waals surface area contributed by atoms with Crippen LogP contribution in [0.3, 0.4) is 0 Å². The van der Waals surface area contributed by atoms with Gasteiger partial charge in [0, 0.05) is 31.8 Å². The normalized spacial score (nSPS) is 22.2. The molecule has 2 heterocycles. The van der Waals surface area contributed by atoms with E-state index in [1.165, 1.54) is 26.1 Å². The summed E-state index contributed by atoms with van der Waals surface area (Å²) in [4.78, 5) is 17.3. The molecule has 2 aromatic rings. The van der Waals surface area contributed by atoms with Crippen LogP contribution in [-0.4, -0.2) is 54.7 Å². The first-order valence-corrected chi connectivity index (χ1v) is 13.8. The number of hydrogen-bond acceptors (Lipinski definition) is 7. The first kappa shape index (κ1) is 29.9. The van der Waals surface area contributed by atoms with Crippen molar-refractivity contribution in [2.45, 2.75) is 77.3 Å². The Morgan fingerprint density at radius 1 is 1.26 bits per heavy atom. The minimum atomic E-state index is -2.77. The Morgan fingerprint density at radius 2 is 1.95 bits per heavy atom. The summed E-state index contributed by atoms with van der Waals surface area (Å²) >= 11 is 5.93. The lowest BCUT2D eigenvalue weighted by Gasteiger charge is -2.26. The summed E-state index contributed by atoms with van der Waals surface area (Å²) in [6.45, 7) is 5.24. The number of nitrogens with one attached hydrogen (secondary N) is 2. The summed E-state index contributed by atoms with van der Waals surface area (Å²) in [6, 6.07) is 0.620. The number of hydrogen-bond donors (Lipinski definition) is 2. The van der Waals surface area contributed by atoms with Crippen LogP contribution >= 0.6 is 11.6 Å². The van der Waals surface area contributed by atoms with Crippen molar-refractivity contribution in [1.29, 1.82) is 0 Å². The lowest BCUT2D eigenvalue weighted by atomic mass is 9.83. The summed E-state index contributed by atoms with van der Waals surface area (Å²) < 4.78 is 51.9. The van der Waals surface area contributed by atoms with E-state index in [0.717, 1.165) is 18.8 Å². The highest BCUT2D eigenvalue weighted by molar-refractivity contribution is 7.51.